The summed E-state index contributed by atoms with van der Waals surface area (Å²) in [5.41, 5.74) is 0.453. The Morgan fingerprint density at radius 1 is 1.06 bits per heavy atom. The second-order valence-electron chi connectivity index (χ2n) is 6.99. The van der Waals surface area contributed by atoms with Crippen molar-refractivity contribution in [3.63, 3.8) is 0 Å². The largest absolute Gasteiger partial charge is 0.497 e. The van der Waals surface area contributed by atoms with Gasteiger partial charge in [-0.2, -0.15) is 0 Å². The van der Waals surface area contributed by atoms with Crippen molar-refractivity contribution in [3.8, 4) is 5.75 Å². The molecule has 0 spiro atoms. The number of hydrogen-bond acceptors (Lipinski definition) is 7. The van der Waals surface area contributed by atoms with Gasteiger partial charge in [0.15, 0.2) is 6.61 Å². The number of ether oxygens (including phenoxy) is 2. The minimum Gasteiger partial charge on any atom is -0.497 e. The maximum Gasteiger partial charge on any atom is 0.341 e. The third-order valence-corrected chi connectivity index (χ3v) is 6.55. The average molecular weight is 466 g/mol. The second-order valence-corrected chi connectivity index (χ2v) is 8.88. The van der Waals surface area contributed by atoms with Crippen LogP contribution >= 0.6 is 0 Å². The number of piperazine rings is 1. The zero-order chi connectivity index (χ0) is 23.3. The molecule has 0 saturated carbocycles. The van der Waals surface area contributed by atoms with E-state index in [0.29, 0.717) is 26.2 Å². The van der Waals surface area contributed by atoms with Crippen LogP contribution in [0.3, 0.4) is 0 Å². The maximum atomic E-state index is 14.0. The van der Waals surface area contributed by atoms with Gasteiger partial charge in [0.05, 0.1) is 17.6 Å². The number of nitrogens with one attached hydrogen (secondary N) is 1. The lowest BCUT2D eigenvalue weighted by Crippen LogP contribution is -2.49. The van der Waals surface area contributed by atoms with Crippen LogP contribution in [0.4, 0.5) is 10.1 Å². The smallest absolute Gasteiger partial charge is 0.341 e. The highest BCUT2D eigenvalue weighted by Crippen LogP contribution is 2.21. The number of carbonyl (C=O) groups is 2. The first-order valence-corrected chi connectivity index (χ1v) is 11.3. The van der Waals surface area contributed by atoms with Gasteiger partial charge in [0.1, 0.15) is 11.6 Å². The van der Waals surface area contributed by atoms with Crippen LogP contribution in [-0.2, 0) is 19.6 Å². The van der Waals surface area contributed by atoms with E-state index >= 15 is 0 Å². The molecule has 0 unspecified atom stereocenters. The third kappa shape index (κ3) is 5.35. The summed E-state index contributed by atoms with van der Waals surface area (Å²) in [5.74, 6) is -1.70. The Morgan fingerprint density at radius 2 is 1.72 bits per heavy atom. The molecule has 0 radical (unpaired) electrons. The fourth-order valence-electron chi connectivity index (χ4n) is 3.25. The van der Waals surface area contributed by atoms with Gasteiger partial charge in [-0.1, -0.05) is 0 Å². The van der Waals surface area contributed by atoms with Gasteiger partial charge in [0.25, 0.3) is 5.91 Å². The molecule has 32 heavy (non-hydrogen) atoms. The number of rotatable bonds is 7. The van der Waals surface area contributed by atoms with Crippen LogP contribution in [0.25, 0.3) is 0 Å². The summed E-state index contributed by atoms with van der Waals surface area (Å²) in [7, 11) is -1.07. The normalized spacial score (nSPS) is 14.2. The molecule has 1 saturated heterocycles. The summed E-state index contributed by atoms with van der Waals surface area (Å²) in [4.78, 5) is 28.1. The van der Waals surface area contributed by atoms with Crippen molar-refractivity contribution in [1.29, 1.82) is 0 Å². The van der Waals surface area contributed by atoms with E-state index in [0.717, 1.165) is 29.6 Å². The van der Waals surface area contributed by atoms with Crippen molar-refractivity contribution < 1.29 is 31.9 Å². The van der Waals surface area contributed by atoms with Gasteiger partial charge in [-0.15, -0.1) is 0 Å². The van der Waals surface area contributed by atoms with Gasteiger partial charge in [0.2, 0.25) is 10.0 Å². The number of halogens is 1. The Bertz CT molecular complexity index is 1080. The Balaban J connectivity index is 1.55. The summed E-state index contributed by atoms with van der Waals surface area (Å²) in [6, 6.07) is 10.4. The summed E-state index contributed by atoms with van der Waals surface area (Å²) in [5, 5.41) is 0. The zero-order valence-electron chi connectivity index (χ0n) is 17.7. The van der Waals surface area contributed by atoms with E-state index in [1.54, 1.807) is 12.0 Å². The minimum atomic E-state index is -3.86. The molecular weight excluding hydrogens is 441 g/mol. The SMILES string of the molecule is CNS(=O)(=O)c1ccc(F)c(C(=O)OCC(=O)N2CCN(c3ccc(OC)cc3)CC2)c1. The predicted molar refractivity (Wildman–Crippen MR) is 115 cm³/mol. The van der Waals surface area contributed by atoms with E-state index in [1.807, 2.05) is 24.3 Å². The van der Waals surface area contributed by atoms with Gasteiger partial charge in [-0.05, 0) is 49.5 Å². The van der Waals surface area contributed by atoms with Crippen LogP contribution in [0, 0.1) is 5.82 Å². The molecule has 172 valence electrons. The number of esters is 1. The molecule has 3 rings (SSSR count). The van der Waals surface area contributed by atoms with Crippen molar-refractivity contribution in [2.45, 2.75) is 4.90 Å². The predicted octanol–water partition coefficient (Wildman–Crippen LogP) is 1.25. The summed E-state index contributed by atoms with van der Waals surface area (Å²) < 4.78 is 49.9. The topological polar surface area (TPSA) is 105 Å². The average Bonchev–Trinajstić information content (AvgIpc) is 2.82. The van der Waals surface area contributed by atoms with Crippen LogP contribution < -0.4 is 14.4 Å². The lowest BCUT2D eigenvalue weighted by molar-refractivity contribution is -0.134. The molecule has 1 amide bonds. The number of benzene rings is 2. The van der Waals surface area contributed by atoms with Crippen LogP contribution in [0.15, 0.2) is 47.4 Å². The first-order valence-electron chi connectivity index (χ1n) is 9.82. The number of amides is 1. The number of hydrogen-bond donors (Lipinski definition) is 1. The molecule has 0 aromatic heterocycles. The number of methoxy groups -OCH3 is 1. The highest BCUT2D eigenvalue weighted by Gasteiger charge is 2.24. The molecule has 2 aromatic carbocycles. The first kappa shape index (κ1) is 23.5. The molecule has 9 nitrogen and oxygen atoms in total. The summed E-state index contributed by atoms with van der Waals surface area (Å²) in [6.07, 6.45) is 0. The van der Waals surface area contributed by atoms with Crippen LogP contribution in [0.1, 0.15) is 10.4 Å². The highest BCUT2D eigenvalue weighted by molar-refractivity contribution is 7.89. The Hall–Kier alpha value is -3.18. The lowest BCUT2D eigenvalue weighted by atomic mass is 10.2. The fraction of sp³-hybridized carbons (Fsp3) is 0.333. The van der Waals surface area contributed by atoms with E-state index in [4.69, 9.17) is 9.47 Å². The highest BCUT2D eigenvalue weighted by atomic mass is 32.2. The van der Waals surface area contributed by atoms with Crippen LogP contribution in [-0.4, -0.2) is 72.1 Å². The minimum absolute atomic E-state index is 0.283. The van der Waals surface area contributed by atoms with Gasteiger partial charge in [-0.25, -0.2) is 22.3 Å². The van der Waals surface area contributed by atoms with E-state index in [2.05, 4.69) is 9.62 Å². The number of carbonyl (C=O) groups excluding carboxylic acids is 2. The number of sulfonamides is 1. The molecule has 1 aliphatic rings. The van der Waals surface area contributed by atoms with Gasteiger partial charge in [-0.3, -0.25) is 4.79 Å². The molecule has 0 atom stereocenters. The summed E-state index contributed by atoms with van der Waals surface area (Å²) in [6.45, 7) is 1.51. The zero-order valence-corrected chi connectivity index (χ0v) is 18.5. The van der Waals surface area contributed by atoms with E-state index in [-0.39, 0.29) is 4.90 Å². The van der Waals surface area contributed by atoms with Crippen molar-refractivity contribution in [1.82, 2.24) is 9.62 Å². The summed E-state index contributed by atoms with van der Waals surface area (Å²) >= 11 is 0. The Labute approximate surface area is 185 Å². The second kappa shape index (κ2) is 9.96. The molecule has 1 fully saturated rings. The first-order chi connectivity index (χ1) is 15.2. The molecule has 1 aliphatic heterocycles. The third-order valence-electron chi connectivity index (χ3n) is 5.13. The Morgan fingerprint density at radius 3 is 2.31 bits per heavy atom. The molecular formula is C21H24FN3O6S. The number of nitrogens with zero attached hydrogens (tertiary/aromatic N) is 2. The molecule has 11 heteroatoms. The van der Waals surface area contributed by atoms with Crippen molar-refractivity contribution in [3.05, 3.63) is 53.8 Å². The standard InChI is InChI=1S/C21H24FN3O6S/c1-23-32(28,29)17-7-8-19(22)18(13-17)21(27)31-14-20(26)25-11-9-24(10-12-25)15-3-5-16(30-2)6-4-15/h3-8,13,23H,9-12,14H2,1-2H3. The Kier molecular flexibility index (Phi) is 7.31. The van der Waals surface area contributed by atoms with Crippen molar-refractivity contribution in [2.75, 3.05) is 51.8 Å². The quantitative estimate of drug-likeness (QED) is 0.614. The van der Waals surface area contributed by atoms with Crippen LogP contribution in [0.2, 0.25) is 0 Å². The maximum absolute atomic E-state index is 14.0. The monoisotopic (exact) mass is 465 g/mol. The van der Waals surface area contributed by atoms with E-state index in [1.165, 1.54) is 7.05 Å². The van der Waals surface area contributed by atoms with Crippen molar-refractivity contribution in [2.24, 2.45) is 0 Å². The number of anilines is 1. The van der Waals surface area contributed by atoms with Gasteiger partial charge in [0, 0.05) is 31.9 Å². The van der Waals surface area contributed by atoms with Gasteiger partial charge < -0.3 is 19.3 Å². The van der Waals surface area contributed by atoms with Gasteiger partial charge >= 0.3 is 5.97 Å². The molecule has 0 aliphatic carbocycles. The fourth-order valence-corrected chi connectivity index (χ4v) is 4.01. The molecule has 0 bridgehead atoms. The van der Waals surface area contributed by atoms with E-state index in [9.17, 15) is 22.4 Å². The molecule has 1 N–H and O–H groups in total. The van der Waals surface area contributed by atoms with Crippen LogP contribution in [0.5, 0.6) is 5.75 Å². The molecule has 2 aromatic rings. The molecule has 1 heterocycles. The van der Waals surface area contributed by atoms with E-state index < -0.39 is 39.9 Å². The van der Waals surface area contributed by atoms with Crippen molar-refractivity contribution >= 4 is 27.6 Å². The lowest BCUT2D eigenvalue weighted by Gasteiger charge is -2.36.